The third-order valence-electron chi connectivity index (χ3n) is 5.35. The van der Waals surface area contributed by atoms with Crippen molar-refractivity contribution in [1.29, 1.82) is 0 Å². The summed E-state index contributed by atoms with van der Waals surface area (Å²) in [5.41, 5.74) is -0.276. The number of carbonyl (C=O) groups is 3. The van der Waals surface area contributed by atoms with Crippen LogP contribution in [0.5, 0.6) is 5.88 Å². The minimum Gasteiger partial charge on any atom is -0.475 e. The fourth-order valence-electron chi connectivity index (χ4n) is 3.48. The number of amides is 3. The smallest absolute Gasteiger partial charge is 0.409 e. The van der Waals surface area contributed by atoms with E-state index in [2.05, 4.69) is 20.6 Å². The Labute approximate surface area is 194 Å². The molecule has 0 radical (unpaired) electrons. The van der Waals surface area contributed by atoms with Gasteiger partial charge < -0.3 is 24.6 Å². The van der Waals surface area contributed by atoms with Gasteiger partial charge in [0, 0.05) is 32.4 Å². The van der Waals surface area contributed by atoms with Crippen molar-refractivity contribution in [2.24, 2.45) is 0 Å². The number of anilines is 1. The van der Waals surface area contributed by atoms with Crippen molar-refractivity contribution in [3.63, 3.8) is 0 Å². The zero-order chi connectivity index (χ0) is 25.0. The number of aromatic nitrogens is 4. The number of carbonyl (C=O) groups excluding carboxylic acids is 3. The van der Waals surface area contributed by atoms with E-state index >= 15 is 0 Å². The third kappa shape index (κ3) is 4.92. The number of nitrogens with one attached hydrogen (secondary N) is 2. The number of hydrogen-bond donors (Lipinski definition) is 2. The molecule has 1 saturated heterocycles. The van der Waals surface area contributed by atoms with Gasteiger partial charge in [0.2, 0.25) is 11.6 Å². The third-order valence-corrected chi connectivity index (χ3v) is 5.35. The number of hydrogen-bond acceptors (Lipinski definition) is 9. The predicted molar refractivity (Wildman–Crippen MR) is 117 cm³/mol. The molecule has 34 heavy (non-hydrogen) atoms. The number of piperazine rings is 1. The van der Waals surface area contributed by atoms with E-state index in [1.165, 1.54) is 18.0 Å². The van der Waals surface area contributed by atoms with Gasteiger partial charge >= 0.3 is 17.7 Å². The molecule has 184 valence electrons. The SMILES string of the molecule is CCOC(=O)N1CCN(C(=O)C(C)n2cc(NC(=O)c3[nH]nc(OC)c3[N+](=O)[O-])c(C)n2)CC1. The first kappa shape index (κ1) is 24.5. The molecular weight excluding hydrogens is 452 g/mol. The summed E-state index contributed by atoms with van der Waals surface area (Å²) in [7, 11) is 1.20. The maximum atomic E-state index is 13.0. The Bertz CT molecular complexity index is 1090. The summed E-state index contributed by atoms with van der Waals surface area (Å²) in [4.78, 5) is 51.1. The maximum absolute atomic E-state index is 13.0. The van der Waals surface area contributed by atoms with Crippen LogP contribution in [-0.2, 0) is 9.53 Å². The Hall–Kier alpha value is -4.17. The lowest BCUT2D eigenvalue weighted by Gasteiger charge is -2.35. The fraction of sp³-hybridized carbons (Fsp3) is 0.526. The second kappa shape index (κ2) is 10.2. The first-order chi connectivity index (χ1) is 16.2. The number of methoxy groups -OCH3 is 1. The Morgan fingerprint density at radius 1 is 1.26 bits per heavy atom. The lowest BCUT2D eigenvalue weighted by Crippen LogP contribution is -2.52. The van der Waals surface area contributed by atoms with Crippen molar-refractivity contribution in [3.8, 4) is 5.88 Å². The molecule has 15 heteroatoms. The molecular formula is C19H26N8O7. The summed E-state index contributed by atoms with van der Waals surface area (Å²) < 4.78 is 11.2. The van der Waals surface area contributed by atoms with Gasteiger partial charge in [-0.1, -0.05) is 0 Å². The normalized spacial score (nSPS) is 14.5. The molecule has 15 nitrogen and oxygen atoms in total. The van der Waals surface area contributed by atoms with E-state index < -0.39 is 28.7 Å². The fourth-order valence-corrected chi connectivity index (χ4v) is 3.48. The Morgan fingerprint density at radius 3 is 2.50 bits per heavy atom. The zero-order valence-electron chi connectivity index (χ0n) is 19.2. The molecule has 2 aromatic heterocycles. The van der Waals surface area contributed by atoms with Gasteiger partial charge in [0.05, 0.1) is 30.0 Å². The summed E-state index contributed by atoms with van der Waals surface area (Å²) in [5.74, 6) is -1.32. The number of ether oxygens (including phenoxy) is 2. The van der Waals surface area contributed by atoms with Crippen LogP contribution in [0.4, 0.5) is 16.2 Å². The molecule has 1 aliphatic heterocycles. The van der Waals surface area contributed by atoms with Crippen LogP contribution in [-0.4, -0.2) is 92.5 Å². The van der Waals surface area contributed by atoms with Crippen LogP contribution in [0.15, 0.2) is 6.20 Å². The molecule has 2 aromatic rings. The van der Waals surface area contributed by atoms with Gasteiger partial charge in [0.1, 0.15) is 6.04 Å². The highest BCUT2D eigenvalue weighted by atomic mass is 16.6. The lowest BCUT2D eigenvalue weighted by molar-refractivity contribution is -0.386. The molecule has 3 amide bonds. The number of H-pyrrole nitrogens is 1. The van der Waals surface area contributed by atoms with Crippen molar-refractivity contribution in [3.05, 3.63) is 27.7 Å². The van der Waals surface area contributed by atoms with Crippen molar-refractivity contribution >= 4 is 29.3 Å². The van der Waals surface area contributed by atoms with Gasteiger partial charge in [-0.2, -0.15) is 5.10 Å². The van der Waals surface area contributed by atoms with E-state index in [0.29, 0.717) is 31.9 Å². The van der Waals surface area contributed by atoms with Crippen molar-refractivity contribution in [2.75, 3.05) is 45.2 Å². The van der Waals surface area contributed by atoms with Crippen LogP contribution >= 0.6 is 0 Å². The summed E-state index contributed by atoms with van der Waals surface area (Å²) in [6.07, 6.45) is 1.07. The van der Waals surface area contributed by atoms with Crippen LogP contribution in [0.3, 0.4) is 0 Å². The second-order valence-corrected chi connectivity index (χ2v) is 7.46. The standard InChI is InChI=1S/C19H26N8O7/c1-5-34-19(30)25-8-6-24(7-9-25)18(29)12(3)26-10-13(11(2)23-26)20-16(28)14-15(27(31)32)17(33-4)22-21-14/h10,12H,5-9H2,1-4H3,(H,20,28)(H,21,22). The van der Waals surface area contributed by atoms with Crippen LogP contribution < -0.4 is 10.1 Å². The highest BCUT2D eigenvalue weighted by molar-refractivity contribution is 6.06. The van der Waals surface area contributed by atoms with E-state index in [4.69, 9.17) is 9.47 Å². The van der Waals surface area contributed by atoms with Gasteiger partial charge in [-0.3, -0.25) is 29.5 Å². The average molecular weight is 478 g/mol. The van der Waals surface area contributed by atoms with Crippen LogP contribution in [0.25, 0.3) is 0 Å². The maximum Gasteiger partial charge on any atom is 0.409 e. The number of nitro groups is 1. The van der Waals surface area contributed by atoms with Gasteiger partial charge in [-0.05, 0) is 20.8 Å². The average Bonchev–Trinajstić information content (AvgIpc) is 3.42. The topological polar surface area (TPSA) is 178 Å². The van der Waals surface area contributed by atoms with Gasteiger partial charge in [0.15, 0.2) is 0 Å². The predicted octanol–water partition coefficient (Wildman–Crippen LogP) is 0.945. The van der Waals surface area contributed by atoms with Crippen molar-refractivity contribution in [2.45, 2.75) is 26.8 Å². The Kier molecular flexibility index (Phi) is 7.33. The summed E-state index contributed by atoms with van der Waals surface area (Å²) in [6, 6.07) is -0.680. The van der Waals surface area contributed by atoms with Crippen LogP contribution in [0, 0.1) is 17.0 Å². The molecule has 3 heterocycles. The van der Waals surface area contributed by atoms with E-state index in [-0.39, 0.29) is 29.8 Å². The van der Waals surface area contributed by atoms with E-state index in [9.17, 15) is 24.5 Å². The molecule has 0 saturated carbocycles. The van der Waals surface area contributed by atoms with Gasteiger partial charge in [0.25, 0.3) is 5.91 Å². The number of aromatic amines is 1. The lowest BCUT2D eigenvalue weighted by atomic mass is 10.2. The van der Waals surface area contributed by atoms with Crippen molar-refractivity contribution in [1.82, 2.24) is 29.8 Å². The van der Waals surface area contributed by atoms with Gasteiger partial charge in [-0.25, -0.2) is 4.79 Å². The highest BCUT2D eigenvalue weighted by Crippen LogP contribution is 2.28. The van der Waals surface area contributed by atoms with E-state index in [1.807, 2.05) is 0 Å². The number of nitrogens with zero attached hydrogens (tertiary/aromatic N) is 6. The minimum absolute atomic E-state index is 0.196. The molecule has 3 rings (SSSR count). The first-order valence-corrected chi connectivity index (χ1v) is 10.5. The molecule has 0 spiro atoms. The summed E-state index contributed by atoms with van der Waals surface area (Å²) in [5, 5.41) is 24.1. The molecule has 0 aromatic carbocycles. The number of rotatable bonds is 7. The Morgan fingerprint density at radius 2 is 1.91 bits per heavy atom. The molecule has 0 aliphatic carbocycles. The van der Waals surface area contributed by atoms with E-state index in [0.717, 1.165) is 0 Å². The van der Waals surface area contributed by atoms with E-state index in [1.54, 1.807) is 30.6 Å². The highest BCUT2D eigenvalue weighted by Gasteiger charge is 2.32. The first-order valence-electron chi connectivity index (χ1n) is 10.5. The zero-order valence-corrected chi connectivity index (χ0v) is 19.2. The molecule has 1 aliphatic rings. The second-order valence-electron chi connectivity index (χ2n) is 7.46. The Balaban J connectivity index is 1.67. The van der Waals surface area contributed by atoms with Crippen LogP contribution in [0.2, 0.25) is 0 Å². The minimum atomic E-state index is -0.806. The van der Waals surface area contributed by atoms with Gasteiger partial charge in [-0.15, -0.1) is 5.10 Å². The summed E-state index contributed by atoms with van der Waals surface area (Å²) >= 11 is 0. The molecule has 1 atom stereocenters. The summed E-state index contributed by atoms with van der Waals surface area (Å²) in [6.45, 7) is 6.76. The van der Waals surface area contributed by atoms with Crippen LogP contribution in [0.1, 0.15) is 36.1 Å². The van der Waals surface area contributed by atoms with Crippen molar-refractivity contribution < 1.29 is 28.8 Å². The molecule has 2 N–H and O–H groups in total. The molecule has 0 bridgehead atoms. The molecule has 1 fully saturated rings. The number of aryl methyl sites for hydroxylation is 1. The quantitative estimate of drug-likeness (QED) is 0.433. The monoisotopic (exact) mass is 478 g/mol. The largest absolute Gasteiger partial charge is 0.475 e. The molecule has 1 unspecified atom stereocenters.